The molecule has 1 unspecified atom stereocenters. The van der Waals surface area contributed by atoms with E-state index in [1.807, 2.05) is 12.1 Å². The number of para-hydroxylation sites is 1. The van der Waals surface area contributed by atoms with Crippen LogP contribution in [0, 0.1) is 0 Å². The van der Waals surface area contributed by atoms with Gasteiger partial charge in [-0.05, 0) is 53.6 Å². The molecule has 0 spiro atoms. The van der Waals surface area contributed by atoms with Gasteiger partial charge in [0.1, 0.15) is 11.5 Å². The summed E-state index contributed by atoms with van der Waals surface area (Å²) in [5.74, 6) is -0.836. The predicted molar refractivity (Wildman–Crippen MR) is 118 cm³/mol. The second-order valence-corrected chi connectivity index (χ2v) is 7.91. The lowest BCUT2D eigenvalue weighted by Gasteiger charge is -2.25. The van der Waals surface area contributed by atoms with Crippen LogP contribution in [0.25, 0.3) is 5.76 Å². The third-order valence-electron chi connectivity index (χ3n) is 5.63. The molecule has 2 heterocycles. The van der Waals surface area contributed by atoms with Crippen molar-refractivity contribution in [1.82, 2.24) is 0 Å². The van der Waals surface area contributed by atoms with Gasteiger partial charge in [-0.2, -0.15) is 0 Å². The first kappa shape index (κ1) is 19.4. The smallest absolute Gasteiger partial charge is 0.300 e. The number of aliphatic hydroxyl groups excluding tert-OH is 1. The first-order valence-electron chi connectivity index (χ1n) is 9.92. The van der Waals surface area contributed by atoms with Gasteiger partial charge in [0.2, 0.25) is 0 Å². The van der Waals surface area contributed by atoms with Crippen LogP contribution in [-0.2, 0) is 16.0 Å². The molecule has 5 rings (SSSR count). The standard InChI is InChI=1S/C25H18ClNO4/c26-18-9-6-15(7-10-18)22-21(23(28)17-8-11-20-16(14-17)12-13-31-20)24(29)25(30)27(22)19-4-2-1-3-5-19/h1-11,14,22,28H,12-13H2/b23-21-. The quantitative estimate of drug-likeness (QED) is 0.364. The minimum Gasteiger partial charge on any atom is -0.507 e. The lowest BCUT2D eigenvalue weighted by molar-refractivity contribution is -0.132. The van der Waals surface area contributed by atoms with Gasteiger partial charge in [-0.25, -0.2) is 0 Å². The van der Waals surface area contributed by atoms with Crippen LogP contribution in [0.1, 0.15) is 22.7 Å². The summed E-state index contributed by atoms with van der Waals surface area (Å²) in [4.78, 5) is 27.6. The fraction of sp³-hybridized carbons (Fsp3) is 0.120. The number of benzene rings is 3. The van der Waals surface area contributed by atoms with E-state index >= 15 is 0 Å². The molecule has 1 saturated heterocycles. The third kappa shape index (κ3) is 3.27. The van der Waals surface area contributed by atoms with E-state index in [0.717, 1.165) is 17.7 Å². The largest absolute Gasteiger partial charge is 0.507 e. The van der Waals surface area contributed by atoms with E-state index in [4.69, 9.17) is 16.3 Å². The number of fused-ring (bicyclic) bond motifs is 1. The Bertz CT molecular complexity index is 1220. The molecule has 154 valence electrons. The van der Waals surface area contributed by atoms with Crippen LogP contribution < -0.4 is 9.64 Å². The molecule has 5 nitrogen and oxygen atoms in total. The lowest BCUT2D eigenvalue weighted by Crippen LogP contribution is -2.29. The van der Waals surface area contributed by atoms with Gasteiger partial charge in [0.25, 0.3) is 11.7 Å². The Morgan fingerprint density at radius 1 is 1.00 bits per heavy atom. The first-order valence-corrected chi connectivity index (χ1v) is 10.3. The van der Waals surface area contributed by atoms with Crippen LogP contribution >= 0.6 is 11.6 Å². The Labute approximate surface area is 184 Å². The molecule has 0 aromatic heterocycles. The second kappa shape index (κ2) is 7.60. The van der Waals surface area contributed by atoms with Crippen LogP contribution in [0.15, 0.2) is 78.4 Å². The number of ketones is 1. The highest BCUT2D eigenvalue weighted by Crippen LogP contribution is 2.42. The fourth-order valence-corrected chi connectivity index (χ4v) is 4.26. The zero-order valence-electron chi connectivity index (χ0n) is 16.4. The Morgan fingerprint density at radius 2 is 1.74 bits per heavy atom. The maximum atomic E-state index is 13.1. The fourth-order valence-electron chi connectivity index (χ4n) is 4.14. The van der Waals surface area contributed by atoms with Crippen molar-refractivity contribution in [2.75, 3.05) is 11.5 Å². The van der Waals surface area contributed by atoms with Gasteiger partial charge in [0.05, 0.1) is 18.2 Å². The molecular formula is C25H18ClNO4. The summed E-state index contributed by atoms with van der Waals surface area (Å²) in [6.45, 7) is 0.586. The van der Waals surface area contributed by atoms with E-state index in [2.05, 4.69) is 0 Å². The molecule has 31 heavy (non-hydrogen) atoms. The highest BCUT2D eigenvalue weighted by Gasteiger charge is 2.46. The molecule has 0 bridgehead atoms. The SMILES string of the molecule is O=C1C(=O)N(c2ccccc2)C(c2ccc(Cl)cc2)/C1=C(/O)c1ccc2c(c1)CCO2. The van der Waals surface area contributed by atoms with Crippen molar-refractivity contribution in [1.29, 1.82) is 0 Å². The number of anilines is 1. The van der Waals surface area contributed by atoms with Gasteiger partial charge < -0.3 is 9.84 Å². The molecule has 0 radical (unpaired) electrons. The number of carbonyl (C=O) groups is 2. The van der Waals surface area contributed by atoms with Gasteiger partial charge in [0.15, 0.2) is 0 Å². The van der Waals surface area contributed by atoms with E-state index in [1.54, 1.807) is 60.7 Å². The first-order chi connectivity index (χ1) is 15.0. The molecule has 6 heteroatoms. The van der Waals surface area contributed by atoms with Crippen molar-refractivity contribution in [2.45, 2.75) is 12.5 Å². The molecule has 0 saturated carbocycles. The molecule has 2 aliphatic heterocycles. The molecule has 0 aliphatic carbocycles. The number of hydrogen-bond donors (Lipinski definition) is 1. The number of hydrogen-bond acceptors (Lipinski definition) is 4. The van der Waals surface area contributed by atoms with Crippen molar-refractivity contribution in [3.63, 3.8) is 0 Å². The molecule has 1 amide bonds. The number of halogens is 1. The van der Waals surface area contributed by atoms with Crippen molar-refractivity contribution in [3.05, 3.63) is 100 Å². The number of Topliss-reactive ketones (excluding diaryl/α,β-unsaturated/α-hetero) is 1. The van der Waals surface area contributed by atoms with E-state index in [9.17, 15) is 14.7 Å². The lowest BCUT2D eigenvalue weighted by atomic mass is 9.94. The summed E-state index contributed by atoms with van der Waals surface area (Å²) < 4.78 is 5.53. The summed E-state index contributed by atoms with van der Waals surface area (Å²) in [5.41, 5.74) is 2.75. The average molecular weight is 432 g/mol. The third-order valence-corrected chi connectivity index (χ3v) is 5.88. The summed E-state index contributed by atoms with van der Waals surface area (Å²) in [6, 6.07) is 20.4. The summed E-state index contributed by atoms with van der Waals surface area (Å²) in [5, 5.41) is 11.7. The van der Waals surface area contributed by atoms with Crippen LogP contribution in [0.4, 0.5) is 5.69 Å². The molecular weight excluding hydrogens is 414 g/mol. The number of ether oxygens (including phenoxy) is 1. The van der Waals surface area contributed by atoms with Gasteiger partial charge in [0, 0.05) is 22.7 Å². The highest BCUT2D eigenvalue weighted by atomic mass is 35.5. The molecule has 3 aromatic rings. The Hall–Kier alpha value is -3.57. The maximum absolute atomic E-state index is 13.1. The topological polar surface area (TPSA) is 66.8 Å². The zero-order chi connectivity index (χ0) is 21.5. The Kier molecular flexibility index (Phi) is 4.75. The normalized spacial score (nSPS) is 19.4. The molecule has 1 fully saturated rings. The molecule has 1 atom stereocenters. The van der Waals surface area contributed by atoms with Crippen molar-refractivity contribution in [3.8, 4) is 5.75 Å². The molecule has 1 N–H and O–H groups in total. The summed E-state index contributed by atoms with van der Waals surface area (Å²) >= 11 is 6.06. The average Bonchev–Trinajstić information content (AvgIpc) is 3.36. The monoisotopic (exact) mass is 431 g/mol. The van der Waals surface area contributed by atoms with E-state index in [-0.39, 0.29) is 11.3 Å². The highest BCUT2D eigenvalue weighted by molar-refractivity contribution is 6.51. The van der Waals surface area contributed by atoms with Gasteiger partial charge >= 0.3 is 0 Å². The van der Waals surface area contributed by atoms with E-state index in [0.29, 0.717) is 28.4 Å². The van der Waals surface area contributed by atoms with E-state index in [1.165, 1.54) is 4.90 Å². The predicted octanol–water partition coefficient (Wildman–Crippen LogP) is 4.90. The van der Waals surface area contributed by atoms with Crippen LogP contribution in [-0.4, -0.2) is 23.4 Å². The van der Waals surface area contributed by atoms with E-state index < -0.39 is 17.7 Å². The van der Waals surface area contributed by atoms with Crippen molar-refractivity contribution >= 4 is 34.7 Å². The number of aliphatic hydroxyl groups is 1. The van der Waals surface area contributed by atoms with Crippen molar-refractivity contribution < 1.29 is 19.4 Å². The number of amides is 1. The minimum atomic E-state index is -0.774. The summed E-state index contributed by atoms with van der Waals surface area (Å²) in [7, 11) is 0. The van der Waals surface area contributed by atoms with Crippen LogP contribution in [0.2, 0.25) is 5.02 Å². The van der Waals surface area contributed by atoms with Gasteiger partial charge in [-0.1, -0.05) is 41.9 Å². The number of nitrogens with zero attached hydrogens (tertiary/aromatic N) is 1. The summed E-state index contributed by atoms with van der Waals surface area (Å²) in [6.07, 6.45) is 0.732. The van der Waals surface area contributed by atoms with Gasteiger partial charge in [-0.3, -0.25) is 14.5 Å². The molecule has 3 aromatic carbocycles. The van der Waals surface area contributed by atoms with Crippen molar-refractivity contribution in [2.24, 2.45) is 0 Å². The Balaban J connectivity index is 1.70. The maximum Gasteiger partial charge on any atom is 0.300 e. The number of rotatable bonds is 3. The number of carbonyl (C=O) groups excluding carboxylic acids is 2. The van der Waals surface area contributed by atoms with Crippen LogP contribution in [0.5, 0.6) is 5.75 Å². The van der Waals surface area contributed by atoms with Gasteiger partial charge in [-0.15, -0.1) is 0 Å². The Morgan fingerprint density at radius 3 is 2.48 bits per heavy atom. The zero-order valence-corrected chi connectivity index (χ0v) is 17.2. The minimum absolute atomic E-state index is 0.0510. The van der Waals surface area contributed by atoms with Crippen LogP contribution in [0.3, 0.4) is 0 Å². The second-order valence-electron chi connectivity index (χ2n) is 7.48. The molecule has 2 aliphatic rings.